The van der Waals surface area contributed by atoms with Crippen LogP contribution >= 0.6 is 17.0 Å². The minimum absolute atomic E-state index is 0. The van der Waals surface area contributed by atoms with Crippen LogP contribution in [0.4, 0.5) is 0 Å². The van der Waals surface area contributed by atoms with Crippen molar-refractivity contribution < 1.29 is 0 Å². The van der Waals surface area contributed by atoms with Crippen LogP contribution < -0.4 is 0 Å². The van der Waals surface area contributed by atoms with Crippen LogP contribution in [-0.2, 0) is 0 Å². The zero-order chi connectivity index (χ0) is 8.55. The molecule has 0 atom stereocenters. The predicted molar refractivity (Wildman–Crippen MR) is 61.5 cm³/mol. The maximum absolute atomic E-state index is 4.48. The first kappa shape index (κ1) is 10.2. The van der Waals surface area contributed by atoms with Crippen molar-refractivity contribution in [1.29, 1.82) is 0 Å². The van der Waals surface area contributed by atoms with Gasteiger partial charge in [-0.15, -0.1) is 17.0 Å². The molecule has 0 spiro atoms. The van der Waals surface area contributed by atoms with Crippen molar-refractivity contribution in [1.82, 2.24) is 4.98 Å². The van der Waals surface area contributed by atoms with Crippen LogP contribution in [0, 0.1) is 13.8 Å². The Balaban J connectivity index is 0.000000845. The second-order valence-electron chi connectivity index (χ2n) is 3.08. The summed E-state index contributed by atoms with van der Waals surface area (Å²) >= 11 is 0. The minimum Gasteiger partial charge on any atom is -0.253 e. The van der Waals surface area contributed by atoms with Gasteiger partial charge in [-0.3, -0.25) is 4.98 Å². The van der Waals surface area contributed by atoms with Crippen molar-refractivity contribution in [2.75, 3.05) is 0 Å². The molecule has 1 aromatic heterocycles. The van der Waals surface area contributed by atoms with Crippen LogP contribution in [0.2, 0.25) is 0 Å². The van der Waals surface area contributed by atoms with E-state index in [9.17, 15) is 0 Å². The van der Waals surface area contributed by atoms with E-state index in [2.05, 4.69) is 24.0 Å². The Kier molecular flexibility index (Phi) is 3.04. The third-order valence-electron chi connectivity index (χ3n) is 2.17. The molecule has 13 heavy (non-hydrogen) atoms. The van der Waals surface area contributed by atoms with Crippen LogP contribution in [0.5, 0.6) is 0 Å². The summed E-state index contributed by atoms with van der Waals surface area (Å²) in [5, 5.41) is 1.22. The molecule has 0 fully saturated rings. The molecule has 1 aromatic carbocycles. The third kappa shape index (κ3) is 1.89. The summed E-state index contributed by atoms with van der Waals surface area (Å²) in [6.45, 7) is 4.14. The lowest BCUT2D eigenvalue weighted by Crippen LogP contribution is -1.87. The molecule has 0 aliphatic heterocycles. The van der Waals surface area contributed by atoms with Gasteiger partial charge in [-0.2, -0.15) is 0 Å². The van der Waals surface area contributed by atoms with Gasteiger partial charge in [0.2, 0.25) is 0 Å². The Labute approximate surface area is 88.6 Å². The number of pyridine rings is 1. The molecular weight excluding hydrogens is 226 g/mol. The number of rotatable bonds is 0. The highest BCUT2D eigenvalue weighted by atomic mass is 79.9. The number of nitrogens with zero attached hydrogens (tertiary/aromatic N) is 1. The number of hydrogen-bond donors (Lipinski definition) is 0. The van der Waals surface area contributed by atoms with Gasteiger partial charge in [-0.25, -0.2) is 0 Å². The van der Waals surface area contributed by atoms with Crippen LogP contribution in [0.1, 0.15) is 11.3 Å². The number of hydrogen-bond acceptors (Lipinski definition) is 1. The van der Waals surface area contributed by atoms with Gasteiger partial charge in [-0.05, 0) is 31.5 Å². The van der Waals surface area contributed by atoms with E-state index in [0.717, 1.165) is 11.2 Å². The highest BCUT2D eigenvalue weighted by Crippen LogP contribution is 2.14. The second-order valence-corrected chi connectivity index (χ2v) is 3.08. The van der Waals surface area contributed by atoms with Crippen LogP contribution in [-0.4, -0.2) is 4.98 Å². The van der Waals surface area contributed by atoms with Crippen molar-refractivity contribution in [3.63, 3.8) is 0 Å². The molecule has 0 saturated heterocycles. The lowest BCUT2D eigenvalue weighted by atomic mass is 10.1. The van der Waals surface area contributed by atoms with Crippen molar-refractivity contribution in [2.45, 2.75) is 13.8 Å². The molecule has 0 N–H and O–H groups in total. The van der Waals surface area contributed by atoms with Gasteiger partial charge in [-0.1, -0.05) is 18.2 Å². The SMILES string of the molecule is Br.Cc1cc2ccccc2nc1C. The lowest BCUT2D eigenvalue weighted by Gasteiger charge is -2.01. The first-order chi connectivity index (χ1) is 5.77. The van der Waals surface area contributed by atoms with Gasteiger partial charge in [0, 0.05) is 11.1 Å². The average molecular weight is 238 g/mol. The Bertz CT molecular complexity index is 383. The number of aryl methyl sites for hydroxylation is 2. The van der Waals surface area contributed by atoms with Crippen LogP contribution in [0.25, 0.3) is 10.9 Å². The molecule has 0 aliphatic rings. The lowest BCUT2D eigenvalue weighted by molar-refractivity contribution is 1.20. The fourth-order valence-electron chi connectivity index (χ4n) is 1.32. The Morgan fingerprint density at radius 2 is 1.77 bits per heavy atom. The summed E-state index contributed by atoms with van der Waals surface area (Å²) in [7, 11) is 0. The smallest absolute Gasteiger partial charge is 0.0705 e. The number of fused-ring (bicyclic) bond motifs is 1. The number of halogens is 1. The summed E-state index contributed by atoms with van der Waals surface area (Å²) in [6.07, 6.45) is 0. The van der Waals surface area contributed by atoms with Crippen LogP contribution in [0.15, 0.2) is 30.3 Å². The normalized spacial score (nSPS) is 9.69. The molecule has 0 amide bonds. The van der Waals surface area contributed by atoms with Crippen LogP contribution in [0.3, 0.4) is 0 Å². The molecule has 1 nitrogen and oxygen atoms in total. The minimum atomic E-state index is 0. The summed E-state index contributed by atoms with van der Waals surface area (Å²) in [5.74, 6) is 0. The van der Waals surface area contributed by atoms with Gasteiger partial charge in [0.1, 0.15) is 0 Å². The zero-order valence-corrected chi connectivity index (χ0v) is 9.46. The van der Waals surface area contributed by atoms with E-state index in [1.807, 2.05) is 25.1 Å². The Morgan fingerprint density at radius 1 is 1.08 bits per heavy atom. The second kappa shape index (κ2) is 3.88. The molecule has 2 rings (SSSR count). The molecule has 1 heterocycles. The van der Waals surface area contributed by atoms with Crippen molar-refractivity contribution in [3.05, 3.63) is 41.6 Å². The molecule has 2 aromatic rings. The standard InChI is InChI=1S/C11H11N.BrH/c1-8-7-10-5-3-4-6-11(10)12-9(8)2;/h3-7H,1-2H3;1H. The van der Waals surface area contributed by atoms with E-state index in [-0.39, 0.29) is 17.0 Å². The van der Waals surface area contributed by atoms with Crippen molar-refractivity contribution in [2.24, 2.45) is 0 Å². The van der Waals surface area contributed by atoms with Gasteiger partial charge >= 0.3 is 0 Å². The summed E-state index contributed by atoms with van der Waals surface area (Å²) in [6, 6.07) is 10.4. The number of para-hydroxylation sites is 1. The molecule has 68 valence electrons. The van der Waals surface area contributed by atoms with Gasteiger partial charge in [0.25, 0.3) is 0 Å². The van der Waals surface area contributed by atoms with E-state index < -0.39 is 0 Å². The van der Waals surface area contributed by atoms with E-state index in [1.165, 1.54) is 10.9 Å². The fourth-order valence-corrected chi connectivity index (χ4v) is 1.32. The third-order valence-corrected chi connectivity index (χ3v) is 2.17. The topological polar surface area (TPSA) is 12.9 Å². The van der Waals surface area contributed by atoms with E-state index in [1.54, 1.807) is 0 Å². The van der Waals surface area contributed by atoms with E-state index >= 15 is 0 Å². The molecule has 0 saturated carbocycles. The summed E-state index contributed by atoms with van der Waals surface area (Å²) in [5.41, 5.74) is 3.46. The average Bonchev–Trinajstić information content (AvgIpc) is 2.07. The summed E-state index contributed by atoms with van der Waals surface area (Å²) in [4.78, 5) is 4.48. The van der Waals surface area contributed by atoms with Gasteiger partial charge in [0.15, 0.2) is 0 Å². The molecule has 0 bridgehead atoms. The number of aromatic nitrogens is 1. The Hall–Kier alpha value is -0.890. The Morgan fingerprint density at radius 3 is 2.54 bits per heavy atom. The maximum Gasteiger partial charge on any atom is 0.0705 e. The quantitative estimate of drug-likeness (QED) is 0.685. The fraction of sp³-hybridized carbons (Fsp3) is 0.182. The van der Waals surface area contributed by atoms with Crippen molar-refractivity contribution >= 4 is 27.9 Å². The van der Waals surface area contributed by atoms with E-state index in [4.69, 9.17) is 0 Å². The van der Waals surface area contributed by atoms with Gasteiger partial charge < -0.3 is 0 Å². The molecule has 2 heteroatoms. The van der Waals surface area contributed by atoms with Crippen molar-refractivity contribution in [3.8, 4) is 0 Å². The maximum atomic E-state index is 4.48. The molecule has 0 aliphatic carbocycles. The monoisotopic (exact) mass is 237 g/mol. The molecule has 0 unspecified atom stereocenters. The zero-order valence-electron chi connectivity index (χ0n) is 7.74. The molecule has 0 radical (unpaired) electrons. The highest BCUT2D eigenvalue weighted by molar-refractivity contribution is 8.93. The number of benzene rings is 1. The molecular formula is C11H12BrN. The van der Waals surface area contributed by atoms with E-state index in [0.29, 0.717) is 0 Å². The first-order valence-electron chi connectivity index (χ1n) is 4.10. The first-order valence-corrected chi connectivity index (χ1v) is 4.10. The predicted octanol–water partition coefficient (Wildman–Crippen LogP) is 3.43. The largest absolute Gasteiger partial charge is 0.253 e. The van der Waals surface area contributed by atoms with Gasteiger partial charge in [0.05, 0.1) is 5.52 Å². The highest BCUT2D eigenvalue weighted by Gasteiger charge is 1.96. The summed E-state index contributed by atoms with van der Waals surface area (Å²) < 4.78 is 0.